The predicted molar refractivity (Wildman–Crippen MR) is 79.8 cm³/mol. The van der Waals surface area contributed by atoms with E-state index < -0.39 is 5.97 Å². The quantitative estimate of drug-likeness (QED) is 0.785. The Bertz CT molecular complexity index is 666. The second kappa shape index (κ2) is 6.23. The topological polar surface area (TPSA) is 81.5 Å². The van der Waals surface area contributed by atoms with Crippen molar-refractivity contribution in [2.75, 3.05) is 7.11 Å². The molecule has 0 aliphatic heterocycles. The smallest absolute Gasteiger partial charge is 0.339 e. The van der Waals surface area contributed by atoms with Crippen LogP contribution in [-0.4, -0.2) is 28.2 Å². The average molecular weight is 407 g/mol. The van der Waals surface area contributed by atoms with Gasteiger partial charge in [-0.15, -0.1) is 0 Å². The minimum atomic E-state index is -1.10. The van der Waals surface area contributed by atoms with E-state index in [4.69, 9.17) is 26.2 Å². The SMILES string of the molecule is COc1ncc(Cl)c(Oc2ccc(I)cc2C(=O)O)n1. The molecule has 0 amide bonds. The molecule has 0 bridgehead atoms. The fourth-order valence-corrected chi connectivity index (χ4v) is 1.99. The summed E-state index contributed by atoms with van der Waals surface area (Å²) in [6, 6.07) is 4.82. The van der Waals surface area contributed by atoms with Gasteiger partial charge in [-0.1, -0.05) is 11.6 Å². The molecule has 0 unspecified atom stereocenters. The first kappa shape index (κ1) is 14.8. The van der Waals surface area contributed by atoms with Gasteiger partial charge >= 0.3 is 12.0 Å². The molecule has 1 N–H and O–H groups in total. The van der Waals surface area contributed by atoms with Crippen molar-refractivity contribution in [3.63, 3.8) is 0 Å². The fourth-order valence-electron chi connectivity index (χ4n) is 1.37. The molecule has 6 nitrogen and oxygen atoms in total. The van der Waals surface area contributed by atoms with Crippen molar-refractivity contribution < 1.29 is 19.4 Å². The standard InChI is InChI=1S/C12H8ClIN2O4/c1-19-12-15-5-8(13)10(16-12)20-9-3-2-6(14)4-7(9)11(17)18/h2-5H,1H3,(H,17,18). The van der Waals surface area contributed by atoms with Crippen molar-refractivity contribution >= 4 is 40.2 Å². The van der Waals surface area contributed by atoms with Crippen LogP contribution in [0.2, 0.25) is 5.02 Å². The summed E-state index contributed by atoms with van der Waals surface area (Å²) in [5.41, 5.74) is 0.0190. The lowest BCUT2D eigenvalue weighted by Gasteiger charge is -2.10. The van der Waals surface area contributed by atoms with Crippen LogP contribution in [0.3, 0.4) is 0 Å². The Morgan fingerprint density at radius 2 is 2.20 bits per heavy atom. The Morgan fingerprint density at radius 1 is 1.45 bits per heavy atom. The number of hydrogen-bond acceptors (Lipinski definition) is 5. The molecule has 8 heteroatoms. The molecule has 0 aliphatic rings. The maximum Gasteiger partial charge on any atom is 0.339 e. The zero-order chi connectivity index (χ0) is 14.7. The Morgan fingerprint density at radius 3 is 2.85 bits per heavy atom. The van der Waals surface area contributed by atoms with Crippen LogP contribution in [0.4, 0.5) is 0 Å². The third-order valence-corrected chi connectivity index (χ3v) is 3.18. The second-order valence-corrected chi connectivity index (χ2v) is 5.21. The Kier molecular flexibility index (Phi) is 4.61. The number of ether oxygens (including phenoxy) is 2. The zero-order valence-electron chi connectivity index (χ0n) is 10.1. The molecule has 0 saturated carbocycles. The molecule has 0 fully saturated rings. The van der Waals surface area contributed by atoms with Crippen LogP contribution in [0.1, 0.15) is 10.4 Å². The van der Waals surface area contributed by atoms with Gasteiger partial charge in [-0.2, -0.15) is 4.98 Å². The molecule has 1 aromatic carbocycles. The number of aromatic carboxylic acids is 1. The maximum atomic E-state index is 11.2. The number of halogens is 2. The summed E-state index contributed by atoms with van der Waals surface area (Å²) >= 11 is 7.93. The highest BCUT2D eigenvalue weighted by Crippen LogP contribution is 2.31. The van der Waals surface area contributed by atoms with Crippen LogP contribution in [0.25, 0.3) is 0 Å². The summed E-state index contributed by atoms with van der Waals surface area (Å²) in [5, 5.41) is 9.32. The lowest BCUT2D eigenvalue weighted by molar-refractivity contribution is 0.0694. The number of rotatable bonds is 4. The van der Waals surface area contributed by atoms with E-state index in [0.29, 0.717) is 0 Å². The molecule has 1 aromatic heterocycles. The first-order valence-electron chi connectivity index (χ1n) is 5.28. The Hall–Kier alpha value is -1.61. The minimum Gasteiger partial charge on any atom is -0.478 e. The molecule has 0 radical (unpaired) electrons. The van der Waals surface area contributed by atoms with Gasteiger partial charge in [-0.3, -0.25) is 0 Å². The monoisotopic (exact) mass is 406 g/mol. The zero-order valence-corrected chi connectivity index (χ0v) is 13.0. The number of benzene rings is 1. The fraction of sp³-hybridized carbons (Fsp3) is 0.0833. The van der Waals surface area contributed by atoms with Gasteiger partial charge in [0.15, 0.2) is 0 Å². The van der Waals surface area contributed by atoms with Gasteiger partial charge in [-0.05, 0) is 40.8 Å². The van der Waals surface area contributed by atoms with Crippen molar-refractivity contribution in [1.29, 1.82) is 0 Å². The van der Waals surface area contributed by atoms with E-state index in [1.165, 1.54) is 25.4 Å². The number of aromatic nitrogens is 2. The second-order valence-electron chi connectivity index (χ2n) is 3.56. The molecular weight excluding hydrogens is 398 g/mol. The number of hydrogen-bond donors (Lipinski definition) is 1. The van der Waals surface area contributed by atoms with Crippen molar-refractivity contribution in [1.82, 2.24) is 9.97 Å². The van der Waals surface area contributed by atoms with Gasteiger partial charge in [0, 0.05) is 3.57 Å². The van der Waals surface area contributed by atoms with Crippen LogP contribution < -0.4 is 9.47 Å². The van der Waals surface area contributed by atoms with E-state index in [9.17, 15) is 4.79 Å². The van der Waals surface area contributed by atoms with E-state index in [2.05, 4.69) is 9.97 Å². The highest BCUT2D eigenvalue weighted by molar-refractivity contribution is 14.1. The van der Waals surface area contributed by atoms with Gasteiger partial charge in [0.05, 0.1) is 13.3 Å². The molecule has 2 aromatic rings. The Balaban J connectivity index is 2.42. The normalized spacial score (nSPS) is 10.2. The summed E-state index contributed by atoms with van der Waals surface area (Å²) in [7, 11) is 1.40. The highest BCUT2D eigenvalue weighted by atomic mass is 127. The van der Waals surface area contributed by atoms with Crippen LogP contribution in [0.15, 0.2) is 24.4 Å². The van der Waals surface area contributed by atoms with Crippen molar-refractivity contribution in [2.24, 2.45) is 0 Å². The number of carbonyl (C=O) groups is 1. The molecule has 2 rings (SSSR count). The lowest BCUT2D eigenvalue weighted by atomic mass is 10.2. The van der Waals surface area contributed by atoms with Gasteiger partial charge < -0.3 is 14.6 Å². The number of methoxy groups -OCH3 is 1. The van der Waals surface area contributed by atoms with E-state index in [1.54, 1.807) is 6.07 Å². The predicted octanol–water partition coefficient (Wildman–Crippen LogP) is 3.23. The summed E-state index contributed by atoms with van der Waals surface area (Å²) < 4.78 is 11.1. The van der Waals surface area contributed by atoms with Crippen molar-refractivity contribution in [3.8, 4) is 17.6 Å². The number of carboxylic acids is 1. The maximum absolute atomic E-state index is 11.2. The third-order valence-electron chi connectivity index (χ3n) is 2.25. The summed E-state index contributed by atoms with van der Waals surface area (Å²) in [4.78, 5) is 18.9. The van der Waals surface area contributed by atoms with Crippen molar-refractivity contribution in [3.05, 3.63) is 38.6 Å². The summed E-state index contributed by atoms with van der Waals surface area (Å²) in [6.07, 6.45) is 1.32. The molecule has 104 valence electrons. The summed E-state index contributed by atoms with van der Waals surface area (Å²) in [5.74, 6) is -0.932. The first-order valence-corrected chi connectivity index (χ1v) is 6.74. The lowest BCUT2D eigenvalue weighted by Crippen LogP contribution is -2.02. The molecule has 1 heterocycles. The van der Waals surface area contributed by atoms with Crippen LogP contribution in [0, 0.1) is 3.57 Å². The van der Waals surface area contributed by atoms with Crippen molar-refractivity contribution in [2.45, 2.75) is 0 Å². The average Bonchev–Trinajstić information content (AvgIpc) is 2.42. The first-order chi connectivity index (χ1) is 9.51. The largest absolute Gasteiger partial charge is 0.478 e. The molecule has 0 aliphatic carbocycles. The molecule has 0 saturated heterocycles. The molecule has 0 spiro atoms. The van der Waals surface area contributed by atoms with Gasteiger partial charge in [-0.25, -0.2) is 9.78 Å². The van der Waals surface area contributed by atoms with Crippen LogP contribution in [0.5, 0.6) is 17.6 Å². The third kappa shape index (κ3) is 3.28. The van der Waals surface area contributed by atoms with Crippen LogP contribution >= 0.6 is 34.2 Å². The molecule has 20 heavy (non-hydrogen) atoms. The highest BCUT2D eigenvalue weighted by Gasteiger charge is 2.15. The molecule has 0 atom stereocenters. The van der Waals surface area contributed by atoms with Gasteiger partial charge in [0.25, 0.3) is 0 Å². The molecular formula is C12H8ClIN2O4. The Labute approximate surface area is 132 Å². The van der Waals surface area contributed by atoms with Crippen LogP contribution in [-0.2, 0) is 0 Å². The van der Waals surface area contributed by atoms with Gasteiger partial charge in [0.2, 0.25) is 5.88 Å². The minimum absolute atomic E-state index is 0.0190. The van der Waals surface area contributed by atoms with E-state index in [-0.39, 0.29) is 28.2 Å². The van der Waals surface area contributed by atoms with Gasteiger partial charge in [0.1, 0.15) is 16.3 Å². The van der Waals surface area contributed by atoms with E-state index in [0.717, 1.165) is 3.57 Å². The summed E-state index contributed by atoms with van der Waals surface area (Å²) in [6.45, 7) is 0. The number of nitrogens with zero attached hydrogens (tertiary/aromatic N) is 2. The van der Waals surface area contributed by atoms with E-state index in [1.807, 2.05) is 22.6 Å². The van der Waals surface area contributed by atoms with E-state index >= 15 is 0 Å². The number of carboxylic acid groups (broad SMARTS) is 1.